The predicted octanol–water partition coefficient (Wildman–Crippen LogP) is 3.70. The monoisotopic (exact) mass is 322 g/mol. The fraction of sp³-hybridized carbons (Fsp3) is 0.158. The maximum absolute atomic E-state index is 11.6. The van der Waals surface area contributed by atoms with Crippen molar-refractivity contribution in [1.29, 1.82) is 0 Å². The minimum Gasteiger partial charge on any atom is -0.497 e. The molecule has 24 heavy (non-hydrogen) atoms. The molecule has 0 unspecified atom stereocenters. The zero-order valence-corrected chi connectivity index (χ0v) is 13.6. The number of nitrogens with zero attached hydrogens (tertiary/aromatic N) is 1. The molecule has 3 rings (SSSR count). The lowest BCUT2D eigenvalue weighted by Gasteiger charge is -2.12. The van der Waals surface area contributed by atoms with Crippen LogP contribution >= 0.6 is 0 Å². The van der Waals surface area contributed by atoms with Gasteiger partial charge < -0.3 is 14.8 Å². The van der Waals surface area contributed by atoms with Gasteiger partial charge in [0.05, 0.1) is 31.9 Å². The van der Waals surface area contributed by atoms with Gasteiger partial charge in [-0.1, -0.05) is 18.2 Å². The fourth-order valence-electron chi connectivity index (χ4n) is 2.47. The Morgan fingerprint density at radius 1 is 1.08 bits per heavy atom. The summed E-state index contributed by atoms with van der Waals surface area (Å²) in [6.45, 7) is 0. The van der Waals surface area contributed by atoms with Gasteiger partial charge in [-0.05, 0) is 36.4 Å². The van der Waals surface area contributed by atoms with Crippen LogP contribution in [0.25, 0.3) is 10.9 Å². The number of rotatable bonds is 5. The molecule has 0 aliphatic heterocycles. The van der Waals surface area contributed by atoms with E-state index in [1.807, 2.05) is 54.6 Å². The maximum atomic E-state index is 11.6. The molecule has 1 heterocycles. The molecule has 3 aromatic rings. The molecule has 5 nitrogen and oxygen atoms in total. The van der Waals surface area contributed by atoms with Crippen LogP contribution in [0.5, 0.6) is 5.75 Å². The zero-order valence-electron chi connectivity index (χ0n) is 13.6. The molecule has 0 aliphatic rings. The van der Waals surface area contributed by atoms with Crippen LogP contribution < -0.4 is 10.1 Å². The fourth-order valence-corrected chi connectivity index (χ4v) is 2.47. The van der Waals surface area contributed by atoms with E-state index in [2.05, 4.69) is 10.3 Å². The molecule has 2 aromatic carbocycles. The van der Waals surface area contributed by atoms with Crippen molar-refractivity contribution in [2.45, 2.75) is 6.42 Å². The highest BCUT2D eigenvalue weighted by Gasteiger charge is 2.10. The first-order valence-corrected chi connectivity index (χ1v) is 7.56. The Hall–Kier alpha value is -3.08. The second-order valence-electron chi connectivity index (χ2n) is 5.28. The van der Waals surface area contributed by atoms with Gasteiger partial charge >= 0.3 is 5.97 Å². The molecule has 0 saturated carbocycles. The van der Waals surface area contributed by atoms with Crippen LogP contribution in [-0.2, 0) is 16.0 Å². The first-order valence-electron chi connectivity index (χ1n) is 7.56. The third kappa shape index (κ3) is 3.46. The summed E-state index contributed by atoms with van der Waals surface area (Å²) >= 11 is 0. The summed E-state index contributed by atoms with van der Waals surface area (Å²) in [7, 11) is 3.01. The lowest BCUT2D eigenvalue weighted by atomic mass is 10.1. The van der Waals surface area contributed by atoms with Crippen LogP contribution in [0.2, 0.25) is 0 Å². The average molecular weight is 322 g/mol. The molecule has 0 bridgehead atoms. The summed E-state index contributed by atoms with van der Waals surface area (Å²) in [5.74, 6) is 0.486. The predicted molar refractivity (Wildman–Crippen MR) is 93.7 cm³/mol. The van der Waals surface area contributed by atoms with E-state index < -0.39 is 0 Å². The standard InChI is InChI=1S/C19H18N2O3/c1-23-15-9-7-13(8-10-15)20-18-11-14(12-19(22)24-2)21-17-6-4-3-5-16(17)18/h3-11H,12H2,1-2H3,(H,20,21). The van der Waals surface area contributed by atoms with E-state index in [9.17, 15) is 4.79 Å². The lowest BCUT2D eigenvalue weighted by Crippen LogP contribution is -2.07. The zero-order chi connectivity index (χ0) is 16.9. The third-order valence-electron chi connectivity index (χ3n) is 3.69. The summed E-state index contributed by atoms with van der Waals surface area (Å²) in [5, 5.41) is 4.37. The van der Waals surface area contributed by atoms with Crippen LogP contribution in [0.1, 0.15) is 5.69 Å². The van der Waals surface area contributed by atoms with Crippen molar-refractivity contribution in [3.8, 4) is 5.75 Å². The summed E-state index contributed by atoms with van der Waals surface area (Å²) in [4.78, 5) is 16.1. The smallest absolute Gasteiger partial charge is 0.311 e. The Balaban J connectivity index is 1.98. The van der Waals surface area contributed by atoms with Gasteiger partial charge in [0, 0.05) is 16.8 Å². The van der Waals surface area contributed by atoms with E-state index in [1.54, 1.807) is 7.11 Å². The molecule has 1 aromatic heterocycles. The Labute approximate surface area is 140 Å². The van der Waals surface area contributed by atoms with E-state index in [4.69, 9.17) is 9.47 Å². The summed E-state index contributed by atoms with van der Waals surface area (Å²) < 4.78 is 9.91. The largest absolute Gasteiger partial charge is 0.497 e. The van der Waals surface area contributed by atoms with Gasteiger partial charge in [-0.2, -0.15) is 0 Å². The molecule has 1 N–H and O–H groups in total. The molecule has 122 valence electrons. The van der Waals surface area contributed by atoms with Crippen LogP contribution in [-0.4, -0.2) is 25.2 Å². The number of anilines is 2. The van der Waals surface area contributed by atoms with Gasteiger partial charge in [-0.3, -0.25) is 9.78 Å². The van der Waals surface area contributed by atoms with Gasteiger partial charge in [-0.25, -0.2) is 0 Å². The number of hydrogen-bond donors (Lipinski definition) is 1. The summed E-state index contributed by atoms with van der Waals surface area (Å²) in [6.07, 6.45) is 0.138. The van der Waals surface area contributed by atoms with E-state index in [1.165, 1.54) is 7.11 Å². The average Bonchev–Trinajstić information content (AvgIpc) is 2.62. The van der Waals surface area contributed by atoms with Gasteiger partial charge in [-0.15, -0.1) is 0 Å². The second-order valence-corrected chi connectivity index (χ2v) is 5.28. The van der Waals surface area contributed by atoms with Crippen molar-refractivity contribution >= 4 is 28.2 Å². The van der Waals surface area contributed by atoms with Crippen molar-refractivity contribution in [2.75, 3.05) is 19.5 Å². The Morgan fingerprint density at radius 3 is 2.54 bits per heavy atom. The number of pyridine rings is 1. The molecular formula is C19H18N2O3. The number of benzene rings is 2. The molecule has 0 saturated heterocycles. The number of fused-ring (bicyclic) bond motifs is 1. The maximum Gasteiger partial charge on any atom is 0.311 e. The van der Waals surface area contributed by atoms with Crippen LogP contribution in [0.4, 0.5) is 11.4 Å². The molecular weight excluding hydrogens is 304 g/mol. The lowest BCUT2D eigenvalue weighted by molar-refractivity contribution is -0.139. The Bertz CT molecular complexity index is 860. The third-order valence-corrected chi connectivity index (χ3v) is 3.69. The quantitative estimate of drug-likeness (QED) is 0.726. The number of methoxy groups -OCH3 is 2. The topological polar surface area (TPSA) is 60.5 Å². The van der Waals surface area contributed by atoms with Crippen LogP contribution in [0, 0.1) is 0 Å². The van der Waals surface area contributed by atoms with Crippen LogP contribution in [0.15, 0.2) is 54.6 Å². The van der Waals surface area contributed by atoms with Crippen molar-refractivity contribution in [3.05, 3.63) is 60.3 Å². The minimum absolute atomic E-state index is 0.138. The normalized spacial score (nSPS) is 10.4. The van der Waals surface area contributed by atoms with Gasteiger partial charge in [0.25, 0.3) is 0 Å². The summed E-state index contributed by atoms with van der Waals surface area (Å²) in [5.41, 5.74) is 3.31. The highest BCUT2D eigenvalue weighted by atomic mass is 16.5. The van der Waals surface area contributed by atoms with E-state index in [-0.39, 0.29) is 12.4 Å². The SMILES string of the molecule is COC(=O)Cc1cc(Nc2ccc(OC)cc2)c2ccccc2n1. The number of aromatic nitrogens is 1. The summed E-state index contributed by atoms with van der Waals surface area (Å²) in [6, 6.07) is 17.3. The van der Waals surface area contributed by atoms with Crippen molar-refractivity contribution in [1.82, 2.24) is 4.98 Å². The minimum atomic E-state index is -0.312. The number of carbonyl (C=O) groups is 1. The highest BCUT2D eigenvalue weighted by Crippen LogP contribution is 2.27. The molecule has 0 spiro atoms. The Kier molecular flexibility index (Phi) is 4.61. The second kappa shape index (κ2) is 7.00. The van der Waals surface area contributed by atoms with Crippen molar-refractivity contribution in [3.63, 3.8) is 0 Å². The van der Waals surface area contributed by atoms with Gasteiger partial charge in [0.2, 0.25) is 0 Å². The number of hydrogen-bond acceptors (Lipinski definition) is 5. The van der Waals surface area contributed by atoms with E-state index in [0.29, 0.717) is 5.69 Å². The van der Waals surface area contributed by atoms with E-state index >= 15 is 0 Å². The first kappa shape index (κ1) is 15.8. The number of ether oxygens (including phenoxy) is 2. The molecule has 0 atom stereocenters. The van der Waals surface area contributed by atoms with Gasteiger partial charge in [0.1, 0.15) is 5.75 Å². The molecule has 0 aliphatic carbocycles. The number of nitrogens with one attached hydrogen (secondary N) is 1. The van der Waals surface area contributed by atoms with Gasteiger partial charge in [0.15, 0.2) is 0 Å². The highest BCUT2D eigenvalue weighted by molar-refractivity contribution is 5.93. The van der Waals surface area contributed by atoms with Crippen molar-refractivity contribution < 1.29 is 14.3 Å². The molecule has 0 amide bonds. The van der Waals surface area contributed by atoms with Crippen molar-refractivity contribution in [2.24, 2.45) is 0 Å². The number of esters is 1. The molecule has 5 heteroatoms. The van der Waals surface area contributed by atoms with E-state index in [0.717, 1.165) is 28.0 Å². The molecule has 0 radical (unpaired) electrons. The first-order chi connectivity index (χ1) is 11.7. The number of carbonyl (C=O) groups excluding carboxylic acids is 1. The number of para-hydroxylation sites is 1. The molecule has 0 fully saturated rings. The van der Waals surface area contributed by atoms with Crippen LogP contribution in [0.3, 0.4) is 0 Å². The Morgan fingerprint density at radius 2 is 1.83 bits per heavy atom.